The largest absolute Gasteiger partial charge is 0.481 e. The van der Waals surface area contributed by atoms with Gasteiger partial charge in [0, 0.05) is 12.6 Å². The molecule has 1 unspecified atom stereocenters. The summed E-state index contributed by atoms with van der Waals surface area (Å²) in [5.74, 6) is -2.71. The van der Waals surface area contributed by atoms with E-state index in [1.54, 1.807) is 51.2 Å². The molecule has 1 saturated carbocycles. The third-order valence-corrected chi connectivity index (χ3v) is 6.83. The lowest BCUT2D eigenvalue weighted by Crippen LogP contribution is -2.36. The van der Waals surface area contributed by atoms with Gasteiger partial charge in [0.25, 0.3) is 0 Å². The van der Waals surface area contributed by atoms with Crippen LogP contribution in [-0.4, -0.2) is 37.8 Å². The molecule has 0 saturated heterocycles. The van der Waals surface area contributed by atoms with Crippen LogP contribution in [0.5, 0.6) is 0 Å². The number of pyridine rings is 1. The lowest BCUT2D eigenvalue weighted by Gasteiger charge is -2.27. The summed E-state index contributed by atoms with van der Waals surface area (Å²) in [5.41, 5.74) is 2.26. The normalized spacial score (nSPS) is 17.9. The fraction of sp³-hybridized carbons (Fsp3) is 0.370. The molecule has 0 radical (unpaired) electrons. The van der Waals surface area contributed by atoms with Crippen LogP contribution in [0.1, 0.15) is 50.0 Å². The number of aromatic nitrogens is 3. The molecule has 3 N–H and O–H groups in total. The van der Waals surface area contributed by atoms with Crippen LogP contribution < -0.4 is 10.6 Å². The van der Waals surface area contributed by atoms with Crippen molar-refractivity contribution >= 4 is 29.5 Å². The second-order valence-electron chi connectivity index (χ2n) is 9.38. The van der Waals surface area contributed by atoms with Crippen LogP contribution in [0.25, 0.3) is 11.3 Å². The van der Waals surface area contributed by atoms with Crippen molar-refractivity contribution in [1.29, 1.82) is 0 Å². The molecule has 0 aliphatic heterocycles. The Morgan fingerprint density at radius 1 is 1.11 bits per heavy atom. The van der Waals surface area contributed by atoms with E-state index in [2.05, 4.69) is 20.7 Å². The van der Waals surface area contributed by atoms with Crippen molar-refractivity contribution in [3.63, 3.8) is 0 Å². The number of aryl methyl sites for hydroxylation is 2. The molecular weight excluding hydrogens is 493 g/mol. The Labute approximate surface area is 219 Å². The number of nitrogens with zero attached hydrogens (tertiary/aromatic N) is 3. The molecule has 1 aliphatic rings. The molecule has 38 heavy (non-hydrogen) atoms. The molecule has 2 amide bonds. The Bertz CT molecular complexity index is 1360. The van der Waals surface area contributed by atoms with Crippen LogP contribution in [0.4, 0.5) is 20.7 Å². The van der Waals surface area contributed by atoms with E-state index >= 15 is 0 Å². The number of benzene rings is 1. The van der Waals surface area contributed by atoms with Gasteiger partial charge in [-0.1, -0.05) is 31.0 Å². The van der Waals surface area contributed by atoms with E-state index in [4.69, 9.17) is 4.74 Å². The number of ether oxygens (including phenoxy) is 1. The highest BCUT2D eigenvalue weighted by molar-refractivity contribution is 5.96. The van der Waals surface area contributed by atoms with Crippen LogP contribution >= 0.6 is 0 Å². The van der Waals surface area contributed by atoms with Crippen molar-refractivity contribution in [1.82, 2.24) is 14.8 Å². The second kappa shape index (κ2) is 11.4. The van der Waals surface area contributed by atoms with E-state index in [9.17, 15) is 23.9 Å². The van der Waals surface area contributed by atoms with Crippen LogP contribution in [-0.2, 0) is 21.4 Å². The van der Waals surface area contributed by atoms with Crippen molar-refractivity contribution in [2.24, 2.45) is 18.9 Å². The van der Waals surface area contributed by atoms with Gasteiger partial charge in [-0.2, -0.15) is 5.10 Å². The topological polar surface area (TPSA) is 135 Å². The smallest absolute Gasteiger partial charge is 0.413 e. The number of carboxylic acid groups (broad SMARTS) is 1. The number of nitrogens with one attached hydrogen (secondary N) is 2. The first-order valence-electron chi connectivity index (χ1n) is 12.4. The van der Waals surface area contributed by atoms with E-state index < -0.39 is 35.8 Å². The minimum Gasteiger partial charge on any atom is -0.481 e. The molecule has 1 aliphatic carbocycles. The molecule has 0 bridgehead atoms. The van der Waals surface area contributed by atoms with Gasteiger partial charge in [0.05, 0.1) is 40.7 Å². The maximum absolute atomic E-state index is 14.0. The zero-order valence-electron chi connectivity index (χ0n) is 21.4. The first-order chi connectivity index (χ1) is 18.2. The number of hydrogen-bond donors (Lipinski definition) is 3. The first kappa shape index (κ1) is 26.8. The van der Waals surface area contributed by atoms with Gasteiger partial charge in [0.1, 0.15) is 17.7 Å². The number of carboxylic acids is 1. The van der Waals surface area contributed by atoms with E-state index in [1.807, 2.05) is 0 Å². The van der Waals surface area contributed by atoms with Gasteiger partial charge < -0.3 is 15.2 Å². The molecule has 2 heterocycles. The minimum absolute atomic E-state index is 0.255. The summed E-state index contributed by atoms with van der Waals surface area (Å²) < 4.78 is 20.9. The average Bonchev–Trinajstić information content (AvgIpc) is 3.24. The monoisotopic (exact) mass is 523 g/mol. The lowest BCUT2D eigenvalue weighted by molar-refractivity contribution is -0.147. The van der Waals surface area contributed by atoms with Crippen molar-refractivity contribution in [2.45, 2.75) is 45.6 Å². The second-order valence-corrected chi connectivity index (χ2v) is 9.38. The van der Waals surface area contributed by atoms with Crippen LogP contribution in [0.15, 0.2) is 42.6 Å². The number of halogens is 1. The fourth-order valence-electron chi connectivity index (χ4n) is 4.74. The molecular formula is C27H30FN5O5. The number of amides is 2. The summed E-state index contributed by atoms with van der Waals surface area (Å²) in [6.45, 7) is 3.30. The number of hydrogen-bond acceptors (Lipinski definition) is 6. The minimum atomic E-state index is -0.950. The first-order valence-corrected chi connectivity index (χ1v) is 12.4. The Balaban J connectivity index is 1.47. The third kappa shape index (κ3) is 5.82. The molecule has 1 aromatic carbocycles. The zero-order valence-corrected chi connectivity index (χ0v) is 21.4. The van der Waals surface area contributed by atoms with Gasteiger partial charge in [0.2, 0.25) is 5.91 Å². The van der Waals surface area contributed by atoms with Gasteiger partial charge >= 0.3 is 12.1 Å². The van der Waals surface area contributed by atoms with E-state index in [1.165, 1.54) is 16.9 Å². The maximum Gasteiger partial charge on any atom is 0.413 e. The van der Waals surface area contributed by atoms with Crippen LogP contribution in [0.3, 0.4) is 0 Å². The number of carbonyl (C=O) groups excluding carboxylic acids is 2. The fourth-order valence-corrected chi connectivity index (χ4v) is 4.74. The Morgan fingerprint density at radius 2 is 1.82 bits per heavy atom. The summed E-state index contributed by atoms with van der Waals surface area (Å²) in [6.07, 6.45) is 2.57. The molecule has 200 valence electrons. The highest BCUT2D eigenvalue weighted by atomic mass is 19.1. The highest BCUT2D eigenvalue weighted by Gasteiger charge is 2.36. The molecule has 3 aromatic rings. The summed E-state index contributed by atoms with van der Waals surface area (Å²) in [5, 5.41) is 19.2. The predicted octanol–water partition coefficient (Wildman–Crippen LogP) is 5.07. The SMILES string of the molecule is Cc1nc(-c2cnn(C)c2NC(=O)OC(C)c2ccccc2F)ccc1NC(=O)[C@H]1CCCC[C@@H]1C(=O)O. The molecule has 10 nitrogen and oxygen atoms in total. The Hall–Kier alpha value is -4.28. The molecule has 4 rings (SSSR count). The number of carbonyl (C=O) groups is 3. The Morgan fingerprint density at radius 3 is 2.50 bits per heavy atom. The molecule has 11 heteroatoms. The van der Waals surface area contributed by atoms with E-state index in [0.29, 0.717) is 41.3 Å². The summed E-state index contributed by atoms with van der Waals surface area (Å²) in [7, 11) is 1.64. The number of anilines is 2. The average molecular weight is 524 g/mol. The van der Waals surface area contributed by atoms with Crippen LogP contribution in [0, 0.1) is 24.6 Å². The standard InChI is InChI=1S/C27H30FN5O5/c1-15-22(31-25(34)18-9-4-5-10-19(18)26(35)36)12-13-23(30-15)20-14-29-33(3)24(20)32-27(37)38-16(2)17-8-6-7-11-21(17)28/h6-8,11-14,16,18-19H,4-5,9-10H2,1-3H3,(H,31,34)(H,32,37)(H,35,36)/t16?,18-,19-/m0/s1. The predicted molar refractivity (Wildman–Crippen MR) is 138 cm³/mol. The molecule has 2 aromatic heterocycles. The van der Waals surface area contributed by atoms with E-state index in [-0.39, 0.29) is 11.5 Å². The summed E-state index contributed by atoms with van der Waals surface area (Å²) in [4.78, 5) is 41.6. The molecule has 3 atom stereocenters. The lowest BCUT2D eigenvalue weighted by atomic mass is 9.78. The van der Waals surface area contributed by atoms with Crippen molar-refractivity contribution in [3.05, 3.63) is 59.7 Å². The summed E-state index contributed by atoms with van der Waals surface area (Å²) in [6, 6.07) is 9.42. The quantitative estimate of drug-likeness (QED) is 0.393. The highest BCUT2D eigenvalue weighted by Crippen LogP contribution is 2.33. The van der Waals surface area contributed by atoms with Crippen molar-refractivity contribution < 1.29 is 28.6 Å². The van der Waals surface area contributed by atoms with Crippen molar-refractivity contribution in [2.75, 3.05) is 10.6 Å². The van der Waals surface area contributed by atoms with E-state index in [0.717, 1.165) is 12.8 Å². The number of rotatable bonds is 7. The van der Waals surface area contributed by atoms with Gasteiger partial charge in [0.15, 0.2) is 0 Å². The van der Waals surface area contributed by atoms with Gasteiger partial charge in [-0.3, -0.25) is 24.6 Å². The summed E-state index contributed by atoms with van der Waals surface area (Å²) >= 11 is 0. The molecule has 1 fully saturated rings. The third-order valence-electron chi connectivity index (χ3n) is 6.83. The van der Waals surface area contributed by atoms with Gasteiger partial charge in [-0.25, -0.2) is 9.18 Å². The zero-order chi connectivity index (χ0) is 27.4. The molecule has 0 spiro atoms. The van der Waals surface area contributed by atoms with Gasteiger partial charge in [-0.05, 0) is 44.9 Å². The van der Waals surface area contributed by atoms with Gasteiger partial charge in [-0.15, -0.1) is 0 Å². The maximum atomic E-state index is 14.0. The Kier molecular flexibility index (Phi) is 8.04. The number of aliphatic carboxylic acids is 1. The van der Waals surface area contributed by atoms with Crippen LogP contribution in [0.2, 0.25) is 0 Å². The van der Waals surface area contributed by atoms with Crippen molar-refractivity contribution in [3.8, 4) is 11.3 Å².